The monoisotopic (exact) mass is 732 g/mol. The molecule has 0 fully saturated rings. The Labute approximate surface area is 265 Å². The largest absolute Gasteiger partial charge is 0.743 e. The van der Waals surface area contributed by atoms with Gasteiger partial charge in [-0.2, -0.15) is 8.78 Å². The maximum atomic E-state index is 12.7. The maximum Gasteiger partial charge on any atom is 0.428 e. The molecule has 0 radical (unpaired) electrons. The highest BCUT2D eigenvalue weighted by molar-refractivity contribution is 14.1. The van der Waals surface area contributed by atoms with Crippen LogP contribution in [0.3, 0.4) is 0 Å². The zero-order valence-corrected chi connectivity index (χ0v) is 28.0. The van der Waals surface area contributed by atoms with Crippen LogP contribution < -0.4 is 0 Å². The number of alkyl halides is 3. The van der Waals surface area contributed by atoms with Gasteiger partial charge >= 0.3 is 11.2 Å². The van der Waals surface area contributed by atoms with Crippen molar-refractivity contribution in [2.24, 2.45) is 0 Å². The molecule has 230 valence electrons. The first-order valence-electron chi connectivity index (χ1n) is 13.8. The quantitative estimate of drug-likeness (QED) is 0.0440. The minimum Gasteiger partial charge on any atom is -0.743 e. The van der Waals surface area contributed by atoms with Crippen LogP contribution in [0, 0.1) is 0 Å². The van der Waals surface area contributed by atoms with Crippen molar-refractivity contribution >= 4 is 49.6 Å². The van der Waals surface area contributed by atoms with E-state index >= 15 is 0 Å². The second kappa shape index (κ2) is 17.3. The van der Waals surface area contributed by atoms with Gasteiger partial charge in [-0.05, 0) is 53.0 Å². The summed E-state index contributed by atoms with van der Waals surface area (Å²) in [5, 5.41) is -5.01. The molecule has 3 aromatic rings. The fraction of sp³-hybridized carbons (Fsp3) is 0.406. The van der Waals surface area contributed by atoms with Gasteiger partial charge in [-0.1, -0.05) is 124 Å². The number of benzene rings is 3. The summed E-state index contributed by atoms with van der Waals surface area (Å²) in [5.74, 6) is -2.30. The van der Waals surface area contributed by atoms with E-state index in [0.29, 0.717) is 12.8 Å². The third-order valence-corrected chi connectivity index (χ3v) is 10.0. The van der Waals surface area contributed by atoms with Gasteiger partial charge in [-0.15, -0.1) is 0 Å². The van der Waals surface area contributed by atoms with E-state index in [-0.39, 0.29) is 22.9 Å². The fourth-order valence-electron chi connectivity index (χ4n) is 4.02. The van der Waals surface area contributed by atoms with Crippen molar-refractivity contribution in [3.8, 4) is 0 Å². The normalized spacial score (nSPS) is 12.0. The Morgan fingerprint density at radius 2 is 1.24 bits per heavy atom. The third-order valence-electron chi connectivity index (χ3n) is 6.19. The number of ether oxygens (including phenoxy) is 1. The van der Waals surface area contributed by atoms with E-state index in [2.05, 4.69) is 133 Å². The number of esters is 1. The molecule has 3 rings (SSSR count). The second-order valence-corrected chi connectivity index (χ2v) is 15.1. The highest BCUT2D eigenvalue weighted by Gasteiger charge is 2.48. The highest BCUT2D eigenvalue weighted by Crippen LogP contribution is 2.37. The lowest BCUT2D eigenvalue weighted by Crippen LogP contribution is -2.39. The Balaban J connectivity index is 0.000000301. The standard InChI is InChI=1S/C22H23S.C10H17F2IO5S/c1-22(2,3)20-16-10-11-17-21(20)23(18-12-6-4-7-13-18)19-14-8-5-9-15-19;11-10(12,19(15,16)17)9(14)18-8-6-4-2-1-3-5-7-13/h4-17H,1-3H3;1-8H2,(H,15,16,17)/q+1;/p-1. The average molecular weight is 733 g/mol. The number of carbonyl (C=O) groups is 1. The van der Waals surface area contributed by atoms with Crippen LogP contribution in [0.15, 0.2) is 99.6 Å². The minimum atomic E-state index is -6.02. The van der Waals surface area contributed by atoms with Crippen LogP contribution >= 0.6 is 22.6 Å². The molecule has 0 atom stereocenters. The lowest BCUT2D eigenvalue weighted by atomic mass is 9.87. The van der Waals surface area contributed by atoms with Crippen LogP contribution in [0.25, 0.3) is 0 Å². The zero-order valence-electron chi connectivity index (χ0n) is 24.2. The lowest BCUT2D eigenvalue weighted by molar-refractivity contribution is -0.161. The number of rotatable bonds is 13. The predicted octanol–water partition coefficient (Wildman–Crippen LogP) is 8.52. The molecule has 0 aromatic heterocycles. The SMILES string of the molecule is CC(C)(C)c1ccccc1[S+](c1ccccc1)c1ccccc1.O=C(OCCCCCCCCI)C(F)(F)S(=O)(=O)[O-]. The Kier molecular flexibility index (Phi) is 14.9. The molecule has 0 saturated heterocycles. The van der Waals surface area contributed by atoms with Gasteiger partial charge in [0.05, 0.1) is 17.5 Å². The molecule has 0 heterocycles. The van der Waals surface area contributed by atoms with Crippen molar-refractivity contribution in [3.63, 3.8) is 0 Å². The first-order valence-corrected chi connectivity index (χ1v) is 18.0. The van der Waals surface area contributed by atoms with Gasteiger partial charge in [0.2, 0.25) is 0 Å². The van der Waals surface area contributed by atoms with Gasteiger partial charge in [0, 0.05) is 5.56 Å². The lowest BCUT2D eigenvalue weighted by Gasteiger charge is -2.22. The Morgan fingerprint density at radius 1 is 0.786 bits per heavy atom. The summed E-state index contributed by atoms with van der Waals surface area (Å²) in [6.45, 7) is 6.58. The van der Waals surface area contributed by atoms with Crippen LogP contribution in [-0.4, -0.2) is 35.2 Å². The summed E-state index contributed by atoms with van der Waals surface area (Å²) >= 11 is 2.28. The molecule has 0 aliphatic carbocycles. The van der Waals surface area contributed by atoms with Crippen LogP contribution in [0.5, 0.6) is 0 Å². The molecule has 10 heteroatoms. The molecular weight excluding hydrogens is 693 g/mol. The molecule has 0 spiro atoms. The van der Waals surface area contributed by atoms with Crippen molar-refractivity contribution in [1.29, 1.82) is 0 Å². The molecule has 0 saturated carbocycles. The number of hydrogen-bond acceptors (Lipinski definition) is 5. The average Bonchev–Trinajstić information content (AvgIpc) is 2.95. The van der Waals surface area contributed by atoms with Crippen molar-refractivity contribution < 1.29 is 31.3 Å². The fourth-order valence-corrected chi connectivity index (χ4v) is 7.27. The van der Waals surface area contributed by atoms with E-state index in [1.165, 1.54) is 20.2 Å². The van der Waals surface area contributed by atoms with Crippen molar-refractivity contribution in [1.82, 2.24) is 0 Å². The summed E-state index contributed by atoms with van der Waals surface area (Å²) in [6, 6.07) is 30.6. The summed E-state index contributed by atoms with van der Waals surface area (Å²) in [4.78, 5) is 14.9. The van der Waals surface area contributed by atoms with Gasteiger partial charge in [0.15, 0.2) is 24.8 Å². The van der Waals surface area contributed by atoms with Crippen LogP contribution in [0.2, 0.25) is 0 Å². The van der Waals surface area contributed by atoms with Crippen molar-refractivity contribution in [2.45, 2.75) is 84.7 Å². The van der Waals surface area contributed by atoms with E-state index in [0.717, 1.165) is 30.1 Å². The van der Waals surface area contributed by atoms with Gasteiger partial charge in [0.25, 0.3) is 0 Å². The summed E-state index contributed by atoms with van der Waals surface area (Å²) in [5.41, 5.74) is 1.56. The molecule has 0 aliphatic heterocycles. The van der Waals surface area contributed by atoms with E-state index in [9.17, 15) is 26.5 Å². The highest BCUT2D eigenvalue weighted by atomic mass is 127. The second-order valence-electron chi connectivity index (χ2n) is 10.6. The van der Waals surface area contributed by atoms with Crippen LogP contribution in [0.4, 0.5) is 8.78 Å². The van der Waals surface area contributed by atoms with Crippen LogP contribution in [0.1, 0.15) is 64.9 Å². The third kappa shape index (κ3) is 11.2. The van der Waals surface area contributed by atoms with Crippen molar-refractivity contribution in [2.75, 3.05) is 11.0 Å². The van der Waals surface area contributed by atoms with Gasteiger partial charge in [0.1, 0.15) is 0 Å². The minimum absolute atomic E-state index is 0.0727. The molecular formula is C32H39F2IO5S2. The Morgan fingerprint density at radius 3 is 1.71 bits per heavy atom. The first-order chi connectivity index (χ1) is 19.8. The molecule has 0 unspecified atom stereocenters. The Bertz CT molecular complexity index is 1290. The number of halogens is 3. The number of hydrogen-bond donors (Lipinski definition) is 0. The maximum absolute atomic E-state index is 12.7. The topological polar surface area (TPSA) is 83.5 Å². The van der Waals surface area contributed by atoms with Crippen LogP contribution in [-0.2, 0) is 36.0 Å². The smallest absolute Gasteiger partial charge is 0.428 e. The zero-order chi connectivity index (χ0) is 31.2. The van der Waals surface area contributed by atoms with E-state index in [1.807, 2.05) is 0 Å². The summed E-state index contributed by atoms with van der Waals surface area (Å²) in [7, 11) is -6.09. The molecule has 0 amide bonds. The predicted molar refractivity (Wildman–Crippen MR) is 172 cm³/mol. The van der Waals surface area contributed by atoms with Gasteiger partial charge in [-0.25, -0.2) is 13.2 Å². The summed E-state index contributed by atoms with van der Waals surface area (Å²) in [6.07, 6.45) is 5.19. The molecule has 0 bridgehead atoms. The Hall–Kier alpha value is -2.02. The summed E-state index contributed by atoms with van der Waals surface area (Å²) < 4.78 is 60.9. The van der Waals surface area contributed by atoms with E-state index in [1.54, 1.807) is 0 Å². The molecule has 5 nitrogen and oxygen atoms in total. The van der Waals surface area contributed by atoms with Gasteiger partial charge < -0.3 is 9.29 Å². The van der Waals surface area contributed by atoms with E-state index in [4.69, 9.17) is 0 Å². The van der Waals surface area contributed by atoms with Gasteiger partial charge in [-0.3, -0.25) is 0 Å². The molecule has 3 aromatic carbocycles. The number of unbranched alkanes of at least 4 members (excludes halogenated alkanes) is 5. The number of carbonyl (C=O) groups excluding carboxylic acids is 1. The molecule has 0 aliphatic rings. The molecule has 42 heavy (non-hydrogen) atoms. The first kappa shape index (κ1) is 36.2. The molecule has 0 N–H and O–H groups in total. The van der Waals surface area contributed by atoms with Crippen molar-refractivity contribution in [3.05, 3.63) is 90.5 Å². The van der Waals surface area contributed by atoms with E-state index < -0.39 is 21.3 Å².